The number of fused-ring (bicyclic) bond motifs is 1. The van der Waals surface area contributed by atoms with Gasteiger partial charge in [-0.2, -0.15) is 0 Å². The van der Waals surface area contributed by atoms with Crippen molar-refractivity contribution < 1.29 is 14.3 Å². The molecule has 6 nitrogen and oxygen atoms in total. The molecule has 1 saturated heterocycles. The first kappa shape index (κ1) is 16.4. The third-order valence-electron chi connectivity index (χ3n) is 4.35. The zero-order chi connectivity index (χ0) is 18.1. The van der Waals surface area contributed by atoms with Gasteiger partial charge in [-0.25, -0.2) is 0 Å². The van der Waals surface area contributed by atoms with Crippen molar-refractivity contribution in [2.75, 3.05) is 12.1 Å². The Kier molecular flexibility index (Phi) is 4.22. The van der Waals surface area contributed by atoms with Crippen LogP contribution in [-0.4, -0.2) is 17.8 Å². The number of benzene rings is 2. The van der Waals surface area contributed by atoms with Crippen LogP contribution in [0.2, 0.25) is 0 Å². The second-order valence-corrected chi connectivity index (χ2v) is 6.46. The maximum Gasteiger partial charge on any atom is 0.235 e. The Bertz CT molecular complexity index is 885. The number of carbonyl (C=O) groups excluding carboxylic acids is 1. The molecule has 2 aromatic rings. The normalized spacial score (nSPS) is 20.9. The molecule has 2 aliphatic heterocycles. The highest BCUT2D eigenvalue weighted by atomic mass is 32.1. The minimum Gasteiger partial charge on any atom is -0.454 e. The van der Waals surface area contributed by atoms with Crippen LogP contribution in [0.3, 0.4) is 0 Å². The van der Waals surface area contributed by atoms with Crippen molar-refractivity contribution in [1.82, 2.24) is 10.6 Å². The topological polar surface area (TPSA) is 71.6 Å². The van der Waals surface area contributed by atoms with Crippen LogP contribution in [-0.2, 0) is 4.79 Å². The number of anilines is 1. The van der Waals surface area contributed by atoms with Crippen molar-refractivity contribution in [2.45, 2.75) is 6.04 Å². The van der Waals surface area contributed by atoms with Gasteiger partial charge in [0.25, 0.3) is 0 Å². The summed E-state index contributed by atoms with van der Waals surface area (Å²) in [4.78, 5) is 13.0. The van der Waals surface area contributed by atoms with Crippen molar-refractivity contribution in [3.8, 4) is 11.5 Å². The molecule has 0 spiro atoms. The van der Waals surface area contributed by atoms with E-state index in [0.29, 0.717) is 22.3 Å². The number of thiocarbonyl (C=S) groups is 1. The van der Waals surface area contributed by atoms with Crippen molar-refractivity contribution in [3.05, 3.63) is 66.4 Å². The highest BCUT2D eigenvalue weighted by Crippen LogP contribution is 2.37. The van der Waals surface area contributed by atoms with Gasteiger partial charge < -0.3 is 25.4 Å². The molecule has 3 N–H and O–H groups in total. The van der Waals surface area contributed by atoms with Crippen LogP contribution in [0.4, 0.5) is 5.69 Å². The molecule has 0 saturated carbocycles. The number of ether oxygens (including phenoxy) is 2. The van der Waals surface area contributed by atoms with Crippen LogP contribution in [0, 0.1) is 5.92 Å². The third-order valence-corrected chi connectivity index (χ3v) is 4.57. The Morgan fingerprint density at radius 1 is 1.15 bits per heavy atom. The molecule has 1 fully saturated rings. The Morgan fingerprint density at radius 3 is 2.73 bits per heavy atom. The minimum atomic E-state index is -0.553. The molecule has 2 aliphatic rings. The molecule has 1 amide bonds. The highest BCUT2D eigenvalue weighted by Gasteiger charge is 2.37. The van der Waals surface area contributed by atoms with E-state index in [-0.39, 0.29) is 18.7 Å². The predicted octanol–water partition coefficient (Wildman–Crippen LogP) is 2.70. The summed E-state index contributed by atoms with van der Waals surface area (Å²) in [6.45, 7) is 4.20. The summed E-state index contributed by atoms with van der Waals surface area (Å²) < 4.78 is 10.8. The standard InChI is InChI=1S/C19H17N3O3S/c1-11-16(18(23)21-13-5-3-2-4-6-13)17(22-19(26)20-11)12-7-8-14-15(9-12)25-10-24-14/h2-9,16-17H,1,10H2,(H,21,23)(H2,20,22,26). The van der Waals surface area contributed by atoms with Crippen LogP contribution in [0.5, 0.6) is 11.5 Å². The number of nitrogens with one attached hydrogen (secondary N) is 3. The summed E-state index contributed by atoms with van der Waals surface area (Å²) in [6.07, 6.45) is 0. The summed E-state index contributed by atoms with van der Waals surface area (Å²) in [7, 11) is 0. The fourth-order valence-electron chi connectivity index (χ4n) is 3.12. The van der Waals surface area contributed by atoms with E-state index >= 15 is 0 Å². The lowest BCUT2D eigenvalue weighted by Gasteiger charge is -2.35. The molecule has 0 aromatic heterocycles. The van der Waals surface area contributed by atoms with Crippen molar-refractivity contribution in [2.24, 2.45) is 5.92 Å². The van der Waals surface area contributed by atoms with E-state index in [1.807, 2.05) is 48.5 Å². The van der Waals surface area contributed by atoms with E-state index in [1.54, 1.807) is 0 Å². The Labute approximate surface area is 156 Å². The van der Waals surface area contributed by atoms with Crippen molar-refractivity contribution in [3.63, 3.8) is 0 Å². The SMILES string of the molecule is C=C1NC(=S)NC(c2ccc3c(c2)OCO3)C1C(=O)Nc1ccccc1. The lowest BCUT2D eigenvalue weighted by molar-refractivity contribution is -0.119. The monoisotopic (exact) mass is 367 g/mol. The average Bonchev–Trinajstić information content (AvgIpc) is 3.09. The minimum absolute atomic E-state index is 0.175. The second-order valence-electron chi connectivity index (χ2n) is 6.05. The summed E-state index contributed by atoms with van der Waals surface area (Å²) in [5, 5.41) is 9.49. The maximum absolute atomic E-state index is 13.0. The molecule has 7 heteroatoms. The van der Waals surface area contributed by atoms with E-state index in [2.05, 4.69) is 22.5 Å². The van der Waals surface area contributed by atoms with Gasteiger partial charge in [-0.3, -0.25) is 4.79 Å². The maximum atomic E-state index is 13.0. The van der Waals surface area contributed by atoms with E-state index in [4.69, 9.17) is 21.7 Å². The van der Waals surface area contributed by atoms with Crippen LogP contribution >= 0.6 is 12.2 Å². The van der Waals surface area contributed by atoms with Crippen LogP contribution in [0.15, 0.2) is 60.8 Å². The highest BCUT2D eigenvalue weighted by molar-refractivity contribution is 7.80. The molecule has 2 unspecified atom stereocenters. The molecule has 2 atom stereocenters. The average molecular weight is 367 g/mol. The number of hydrogen-bond donors (Lipinski definition) is 3. The van der Waals surface area contributed by atoms with E-state index < -0.39 is 5.92 Å². The molecule has 26 heavy (non-hydrogen) atoms. The lowest BCUT2D eigenvalue weighted by Crippen LogP contribution is -2.51. The molecule has 4 rings (SSSR count). The van der Waals surface area contributed by atoms with Crippen LogP contribution in [0.25, 0.3) is 0 Å². The molecular formula is C19H17N3O3S. The van der Waals surface area contributed by atoms with E-state index in [1.165, 1.54) is 0 Å². The molecule has 0 bridgehead atoms. The van der Waals surface area contributed by atoms with Crippen molar-refractivity contribution >= 4 is 28.9 Å². The fraction of sp³-hybridized carbons (Fsp3) is 0.158. The summed E-state index contributed by atoms with van der Waals surface area (Å²) >= 11 is 5.26. The number of hydrogen-bond acceptors (Lipinski definition) is 4. The van der Waals surface area contributed by atoms with Gasteiger partial charge in [-0.15, -0.1) is 0 Å². The first-order chi connectivity index (χ1) is 12.6. The Hall–Kier alpha value is -3.06. The second kappa shape index (κ2) is 6.68. The van der Waals surface area contributed by atoms with Crippen molar-refractivity contribution in [1.29, 1.82) is 0 Å². The number of para-hydroxylation sites is 1. The third kappa shape index (κ3) is 3.09. The summed E-state index contributed by atoms with van der Waals surface area (Å²) in [5.74, 6) is 0.615. The quantitative estimate of drug-likeness (QED) is 0.725. The van der Waals surface area contributed by atoms with Gasteiger partial charge in [0.05, 0.1) is 6.04 Å². The lowest BCUT2D eigenvalue weighted by atomic mass is 9.88. The molecule has 2 aromatic carbocycles. The Morgan fingerprint density at radius 2 is 1.92 bits per heavy atom. The number of amides is 1. The number of carbonyl (C=O) groups is 1. The number of rotatable bonds is 3. The zero-order valence-corrected chi connectivity index (χ0v) is 14.6. The van der Waals surface area contributed by atoms with E-state index in [9.17, 15) is 4.79 Å². The molecule has 0 radical (unpaired) electrons. The summed E-state index contributed by atoms with van der Waals surface area (Å²) in [6, 6.07) is 14.5. The largest absolute Gasteiger partial charge is 0.454 e. The van der Waals surface area contributed by atoms with Gasteiger partial charge in [0.2, 0.25) is 12.7 Å². The van der Waals surface area contributed by atoms with Gasteiger partial charge in [-0.05, 0) is 42.0 Å². The van der Waals surface area contributed by atoms with Crippen LogP contribution < -0.4 is 25.4 Å². The fourth-order valence-corrected chi connectivity index (χ4v) is 3.38. The Balaban J connectivity index is 1.64. The van der Waals surface area contributed by atoms with E-state index in [0.717, 1.165) is 11.3 Å². The molecular weight excluding hydrogens is 350 g/mol. The van der Waals surface area contributed by atoms with Crippen LogP contribution in [0.1, 0.15) is 11.6 Å². The van der Waals surface area contributed by atoms with Gasteiger partial charge in [0.1, 0.15) is 5.92 Å². The zero-order valence-electron chi connectivity index (χ0n) is 13.8. The van der Waals surface area contributed by atoms with Gasteiger partial charge in [0.15, 0.2) is 16.6 Å². The molecule has 2 heterocycles. The summed E-state index contributed by atoms with van der Waals surface area (Å²) in [5.41, 5.74) is 2.14. The van der Waals surface area contributed by atoms with Gasteiger partial charge >= 0.3 is 0 Å². The smallest absolute Gasteiger partial charge is 0.235 e. The first-order valence-corrected chi connectivity index (χ1v) is 8.54. The molecule has 132 valence electrons. The van der Waals surface area contributed by atoms with Gasteiger partial charge in [0, 0.05) is 11.4 Å². The predicted molar refractivity (Wildman–Crippen MR) is 102 cm³/mol. The first-order valence-electron chi connectivity index (χ1n) is 8.13. The van der Waals surface area contributed by atoms with Gasteiger partial charge in [-0.1, -0.05) is 30.8 Å². The molecule has 0 aliphatic carbocycles.